The predicted molar refractivity (Wildman–Crippen MR) is 170 cm³/mol. The molecule has 2 amide bonds. The Morgan fingerprint density at radius 1 is 0.930 bits per heavy atom. The number of aliphatic hydroxyl groups excluding tert-OH is 2. The minimum atomic E-state index is -1.51. The first-order chi connectivity index (χ1) is 20.7. The molecule has 0 aliphatic heterocycles. The van der Waals surface area contributed by atoms with Crippen LogP contribution in [0.5, 0.6) is 0 Å². The molecule has 4 N–H and O–H groups in total. The Balaban J connectivity index is 1.77. The maximum Gasteiger partial charge on any atom is 0.243 e. The molecule has 9 heteroatoms. The molecule has 1 saturated carbocycles. The maximum atomic E-state index is 13.7. The zero-order valence-electron chi connectivity index (χ0n) is 24.3. The molecule has 1 aliphatic rings. The number of terminal acetylenes is 2. The van der Waals surface area contributed by atoms with E-state index < -0.39 is 52.8 Å². The SMILES string of the molecule is C#CC[C@H](NC(=O)[C@H](Cc1ccccc1)CS(=O)c1ccc(Cl)cc1)C(=O)N[C@@H](CC1CCCCC1)[C@@H](O)[C@@H](O)CC#C. The van der Waals surface area contributed by atoms with Crippen molar-refractivity contribution in [2.24, 2.45) is 11.8 Å². The van der Waals surface area contributed by atoms with Crippen LogP contribution in [0.1, 0.15) is 56.9 Å². The number of nitrogens with one attached hydrogen (secondary N) is 2. The van der Waals surface area contributed by atoms with Crippen molar-refractivity contribution < 1.29 is 24.0 Å². The first-order valence-electron chi connectivity index (χ1n) is 14.7. The van der Waals surface area contributed by atoms with E-state index in [4.69, 9.17) is 24.4 Å². The van der Waals surface area contributed by atoms with Crippen LogP contribution in [0.4, 0.5) is 0 Å². The maximum absolute atomic E-state index is 13.7. The van der Waals surface area contributed by atoms with Crippen molar-refractivity contribution in [3.05, 3.63) is 65.2 Å². The molecule has 0 bridgehead atoms. The van der Waals surface area contributed by atoms with Crippen LogP contribution >= 0.6 is 11.6 Å². The van der Waals surface area contributed by atoms with Crippen molar-refractivity contribution in [1.82, 2.24) is 10.6 Å². The molecule has 0 heterocycles. The van der Waals surface area contributed by atoms with E-state index in [1.807, 2.05) is 30.3 Å². The molecule has 0 radical (unpaired) electrons. The zero-order valence-corrected chi connectivity index (χ0v) is 25.9. The van der Waals surface area contributed by atoms with Crippen molar-refractivity contribution in [3.8, 4) is 24.7 Å². The number of aliphatic hydroxyl groups is 2. The van der Waals surface area contributed by atoms with Crippen LogP contribution in [0.2, 0.25) is 5.02 Å². The second-order valence-electron chi connectivity index (χ2n) is 11.1. The van der Waals surface area contributed by atoms with E-state index in [2.05, 4.69) is 22.5 Å². The summed E-state index contributed by atoms with van der Waals surface area (Å²) in [5, 5.41) is 27.5. The van der Waals surface area contributed by atoms with Gasteiger partial charge in [0.05, 0.1) is 28.9 Å². The van der Waals surface area contributed by atoms with Gasteiger partial charge in [-0.05, 0) is 48.6 Å². The Labute approximate surface area is 262 Å². The van der Waals surface area contributed by atoms with Crippen LogP contribution < -0.4 is 10.6 Å². The zero-order chi connectivity index (χ0) is 31.2. The van der Waals surface area contributed by atoms with Gasteiger partial charge in [0.15, 0.2) is 0 Å². The molecule has 0 aromatic heterocycles. The minimum Gasteiger partial charge on any atom is -0.389 e. The number of rotatable bonds is 15. The fourth-order valence-corrected chi connectivity index (χ4v) is 6.86. The summed E-state index contributed by atoms with van der Waals surface area (Å²) in [5.41, 5.74) is 0.881. The minimum absolute atomic E-state index is 0.0219. The lowest BCUT2D eigenvalue weighted by atomic mass is 9.82. The van der Waals surface area contributed by atoms with Gasteiger partial charge >= 0.3 is 0 Å². The summed E-state index contributed by atoms with van der Waals surface area (Å²) in [4.78, 5) is 27.7. The van der Waals surface area contributed by atoms with Crippen LogP contribution in [-0.2, 0) is 26.8 Å². The van der Waals surface area contributed by atoms with Gasteiger partial charge in [-0.1, -0.05) is 74.0 Å². The second-order valence-corrected chi connectivity index (χ2v) is 13.1. The van der Waals surface area contributed by atoms with Crippen molar-refractivity contribution in [2.45, 2.75) is 87.0 Å². The van der Waals surface area contributed by atoms with Crippen LogP contribution in [-0.4, -0.2) is 56.3 Å². The molecular weight excluding hydrogens is 584 g/mol. The summed E-state index contributed by atoms with van der Waals surface area (Å²) in [6, 6.07) is 14.1. The number of hydrogen-bond donors (Lipinski definition) is 4. The van der Waals surface area contributed by atoms with E-state index in [0.717, 1.165) is 37.7 Å². The van der Waals surface area contributed by atoms with Crippen LogP contribution in [0, 0.1) is 36.5 Å². The summed E-state index contributed by atoms with van der Waals surface area (Å²) < 4.78 is 13.2. The van der Waals surface area contributed by atoms with Crippen LogP contribution in [0.15, 0.2) is 59.5 Å². The highest BCUT2D eigenvalue weighted by atomic mass is 35.5. The third-order valence-corrected chi connectivity index (χ3v) is 9.61. The standard InChI is InChI=1S/C34H41ClN2O5S/c1-3-11-29(34(41)37-30(32(39)31(38)12-4-2)22-25-15-9-6-10-16-25)36-33(40)26(21-24-13-7-5-8-14-24)23-43(42)28-19-17-27(35)18-20-28/h1-2,5,7-8,13-14,17-20,25-26,29-32,38-39H,6,9-12,15-16,21-23H2,(H,36,40)(H,37,41)/t26-,29+,30+,31+,32-,43?/m1/s1. The van der Waals surface area contributed by atoms with Crippen molar-refractivity contribution in [1.29, 1.82) is 0 Å². The number of halogens is 1. The third-order valence-electron chi connectivity index (χ3n) is 7.85. The molecule has 43 heavy (non-hydrogen) atoms. The van der Waals surface area contributed by atoms with Gasteiger partial charge < -0.3 is 20.8 Å². The second kappa shape index (κ2) is 17.9. The smallest absolute Gasteiger partial charge is 0.243 e. The molecule has 1 unspecified atom stereocenters. The van der Waals surface area contributed by atoms with E-state index in [1.165, 1.54) is 0 Å². The Kier molecular flexibility index (Phi) is 14.3. The van der Waals surface area contributed by atoms with Gasteiger partial charge in [0.25, 0.3) is 0 Å². The number of amides is 2. The topological polar surface area (TPSA) is 116 Å². The lowest BCUT2D eigenvalue weighted by molar-refractivity contribution is -0.132. The molecule has 6 atom stereocenters. The van der Waals surface area contributed by atoms with Gasteiger partial charge in [-0.15, -0.1) is 24.7 Å². The average Bonchev–Trinajstić information content (AvgIpc) is 3.01. The van der Waals surface area contributed by atoms with Crippen molar-refractivity contribution >= 4 is 34.2 Å². The molecule has 2 aromatic carbocycles. The molecule has 230 valence electrons. The van der Waals surface area contributed by atoms with E-state index in [-0.39, 0.29) is 24.5 Å². The fourth-order valence-electron chi connectivity index (χ4n) is 5.47. The van der Waals surface area contributed by atoms with Gasteiger partial charge in [-0.2, -0.15) is 0 Å². The lowest BCUT2D eigenvalue weighted by Crippen LogP contribution is -2.56. The van der Waals surface area contributed by atoms with Gasteiger partial charge in [0.1, 0.15) is 12.1 Å². The number of carbonyl (C=O) groups excluding carboxylic acids is 2. The van der Waals surface area contributed by atoms with Gasteiger partial charge in [-0.25, -0.2) is 0 Å². The molecule has 0 saturated heterocycles. The Morgan fingerprint density at radius 2 is 1.58 bits per heavy atom. The van der Waals surface area contributed by atoms with Crippen molar-refractivity contribution in [2.75, 3.05) is 5.75 Å². The highest BCUT2D eigenvalue weighted by Gasteiger charge is 2.33. The Morgan fingerprint density at radius 3 is 2.21 bits per heavy atom. The van der Waals surface area contributed by atoms with Gasteiger partial charge in [-0.3, -0.25) is 13.8 Å². The molecule has 7 nitrogen and oxygen atoms in total. The van der Waals surface area contributed by atoms with E-state index in [0.29, 0.717) is 22.8 Å². The van der Waals surface area contributed by atoms with Crippen LogP contribution in [0.25, 0.3) is 0 Å². The number of hydrogen-bond acceptors (Lipinski definition) is 5. The molecule has 2 aromatic rings. The third kappa shape index (κ3) is 11.1. The highest BCUT2D eigenvalue weighted by Crippen LogP contribution is 2.29. The van der Waals surface area contributed by atoms with Crippen LogP contribution in [0.3, 0.4) is 0 Å². The summed E-state index contributed by atoms with van der Waals surface area (Å²) in [6.07, 6.45) is 14.3. The normalized spacial score (nSPS) is 17.7. The Bertz CT molecular complexity index is 1280. The quantitative estimate of drug-likeness (QED) is 0.224. The molecule has 3 rings (SSSR count). The summed E-state index contributed by atoms with van der Waals surface area (Å²) in [5.74, 6) is 3.37. The van der Waals surface area contributed by atoms with E-state index in [9.17, 15) is 24.0 Å². The average molecular weight is 625 g/mol. The first kappa shape index (κ1) is 34.4. The number of benzene rings is 2. The van der Waals surface area contributed by atoms with Gasteiger partial charge in [0.2, 0.25) is 11.8 Å². The molecule has 1 fully saturated rings. The van der Waals surface area contributed by atoms with E-state index in [1.54, 1.807) is 24.3 Å². The first-order valence-corrected chi connectivity index (χ1v) is 16.4. The Hall–Kier alpha value is -3.14. The van der Waals surface area contributed by atoms with Gasteiger partial charge in [0, 0.05) is 28.5 Å². The summed E-state index contributed by atoms with van der Waals surface area (Å²) >= 11 is 5.98. The summed E-state index contributed by atoms with van der Waals surface area (Å²) in [6.45, 7) is 0. The molecular formula is C34H41ClN2O5S. The molecule has 0 spiro atoms. The summed E-state index contributed by atoms with van der Waals surface area (Å²) in [7, 11) is -1.51. The monoisotopic (exact) mass is 624 g/mol. The fraction of sp³-hybridized carbons (Fsp3) is 0.471. The van der Waals surface area contributed by atoms with E-state index >= 15 is 0 Å². The molecule has 1 aliphatic carbocycles. The lowest BCUT2D eigenvalue weighted by Gasteiger charge is -2.33. The highest BCUT2D eigenvalue weighted by molar-refractivity contribution is 7.85. The number of carbonyl (C=O) groups is 2. The largest absolute Gasteiger partial charge is 0.389 e. The predicted octanol–water partition coefficient (Wildman–Crippen LogP) is 4.01. The van der Waals surface area contributed by atoms with Crippen molar-refractivity contribution in [3.63, 3.8) is 0 Å².